The molecule has 2 unspecified atom stereocenters. The smallest absolute Gasteiger partial charge is 0.246 e. The highest BCUT2D eigenvalue weighted by Gasteiger charge is 2.37. The van der Waals surface area contributed by atoms with E-state index in [1.807, 2.05) is 42.2 Å². The molecule has 4 nitrogen and oxygen atoms in total. The van der Waals surface area contributed by atoms with Gasteiger partial charge in [-0.05, 0) is 31.7 Å². The first-order valence-corrected chi connectivity index (χ1v) is 9.48. The van der Waals surface area contributed by atoms with Crippen LogP contribution in [-0.2, 0) is 16.8 Å². The van der Waals surface area contributed by atoms with Gasteiger partial charge in [0.2, 0.25) is 5.91 Å². The minimum atomic E-state index is -0.986. The van der Waals surface area contributed by atoms with E-state index in [0.717, 1.165) is 48.6 Å². The van der Waals surface area contributed by atoms with Gasteiger partial charge >= 0.3 is 0 Å². The maximum Gasteiger partial charge on any atom is 0.246 e. The van der Waals surface area contributed by atoms with Crippen molar-refractivity contribution in [1.29, 1.82) is 0 Å². The van der Waals surface area contributed by atoms with Gasteiger partial charge in [-0.15, -0.1) is 11.3 Å². The topological polar surface area (TPSA) is 59.2 Å². The molecule has 128 valence electrons. The molecule has 5 heteroatoms. The Kier molecular flexibility index (Phi) is 5.01. The number of likely N-dealkylation sites (tertiary alicyclic amines) is 1. The molecule has 1 aromatic heterocycles. The normalized spacial score (nSPS) is 20.6. The average molecular weight is 343 g/mol. The molecule has 2 N–H and O–H groups in total. The molecule has 0 radical (unpaired) electrons. The molecule has 0 spiro atoms. The lowest BCUT2D eigenvalue weighted by Gasteiger charge is -2.37. The lowest BCUT2D eigenvalue weighted by molar-refractivity contribution is -0.138. The first-order chi connectivity index (χ1) is 11.5. The van der Waals surface area contributed by atoms with Crippen molar-refractivity contribution in [2.75, 3.05) is 13.1 Å². The summed E-state index contributed by atoms with van der Waals surface area (Å²) in [6, 6.07) is 9.64. The maximum atomic E-state index is 13.0. The Hall–Kier alpha value is -1.72. The summed E-state index contributed by atoms with van der Waals surface area (Å²) in [4.78, 5) is 19.7. The van der Waals surface area contributed by atoms with Crippen molar-refractivity contribution < 1.29 is 4.79 Å². The Bertz CT molecular complexity index is 696. The van der Waals surface area contributed by atoms with Gasteiger partial charge in [-0.2, -0.15) is 0 Å². The molecule has 2 heterocycles. The summed E-state index contributed by atoms with van der Waals surface area (Å²) >= 11 is 1.72. The number of aryl methyl sites for hydroxylation is 1. The molecule has 2 aromatic rings. The fourth-order valence-corrected chi connectivity index (χ4v) is 4.30. The molecule has 24 heavy (non-hydrogen) atoms. The van der Waals surface area contributed by atoms with Gasteiger partial charge < -0.3 is 10.6 Å². The highest BCUT2D eigenvalue weighted by molar-refractivity contribution is 7.09. The van der Waals surface area contributed by atoms with E-state index in [1.165, 1.54) is 0 Å². The number of carbonyl (C=O) groups excluding carboxylic acids is 1. The van der Waals surface area contributed by atoms with Crippen LogP contribution < -0.4 is 5.73 Å². The maximum absolute atomic E-state index is 13.0. The van der Waals surface area contributed by atoms with Crippen LogP contribution in [0.25, 0.3) is 0 Å². The predicted molar refractivity (Wildman–Crippen MR) is 98.0 cm³/mol. The summed E-state index contributed by atoms with van der Waals surface area (Å²) in [5.74, 6) is 0.338. The van der Waals surface area contributed by atoms with Crippen LogP contribution in [0.15, 0.2) is 35.7 Å². The Morgan fingerprint density at radius 3 is 2.83 bits per heavy atom. The van der Waals surface area contributed by atoms with Crippen molar-refractivity contribution in [3.05, 3.63) is 52.0 Å². The SMILES string of the molecule is CCc1csc(C2CCCN(C(=O)C(C)(N)c3ccccc3)C2)n1. The third-order valence-electron chi connectivity index (χ3n) is 4.81. The van der Waals surface area contributed by atoms with Gasteiger partial charge in [-0.1, -0.05) is 37.3 Å². The van der Waals surface area contributed by atoms with E-state index in [4.69, 9.17) is 10.7 Å². The van der Waals surface area contributed by atoms with Crippen LogP contribution in [0, 0.1) is 0 Å². The number of nitrogens with two attached hydrogens (primary N) is 1. The molecular weight excluding hydrogens is 318 g/mol. The summed E-state index contributed by atoms with van der Waals surface area (Å²) in [5.41, 5.74) is 7.44. The number of hydrogen-bond acceptors (Lipinski definition) is 4. The number of rotatable bonds is 4. The largest absolute Gasteiger partial charge is 0.340 e. The number of benzene rings is 1. The van der Waals surface area contributed by atoms with Gasteiger partial charge in [0.25, 0.3) is 0 Å². The number of piperidine rings is 1. The minimum absolute atomic E-state index is 0.00525. The number of thiazole rings is 1. The van der Waals surface area contributed by atoms with E-state index in [-0.39, 0.29) is 5.91 Å². The average Bonchev–Trinajstić information content (AvgIpc) is 3.11. The quantitative estimate of drug-likeness (QED) is 0.927. The molecule has 1 saturated heterocycles. The molecule has 2 atom stereocenters. The fraction of sp³-hybridized carbons (Fsp3) is 0.474. The van der Waals surface area contributed by atoms with E-state index in [0.29, 0.717) is 5.92 Å². The van der Waals surface area contributed by atoms with Crippen LogP contribution in [0.3, 0.4) is 0 Å². The lowest BCUT2D eigenvalue weighted by Crippen LogP contribution is -2.53. The first kappa shape index (κ1) is 17.1. The van der Waals surface area contributed by atoms with Crippen molar-refractivity contribution in [3.8, 4) is 0 Å². The molecular formula is C19H25N3OS. The molecule has 1 aliphatic heterocycles. The molecule has 0 saturated carbocycles. The number of hydrogen-bond donors (Lipinski definition) is 1. The minimum Gasteiger partial charge on any atom is -0.340 e. The first-order valence-electron chi connectivity index (χ1n) is 8.60. The van der Waals surface area contributed by atoms with Gasteiger partial charge in [0, 0.05) is 24.4 Å². The fourth-order valence-electron chi connectivity index (χ4n) is 3.27. The summed E-state index contributed by atoms with van der Waals surface area (Å²) in [5, 5.41) is 3.29. The van der Waals surface area contributed by atoms with E-state index < -0.39 is 5.54 Å². The van der Waals surface area contributed by atoms with Crippen molar-refractivity contribution in [2.24, 2.45) is 5.73 Å². The van der Waals surface area contributed by atoms with Gasteiger partial charge in [0.15, 0.2) is 0 Å². The van der Waals surface area contributed by atoms with Crippen molar-refractivity contribution in [1.82, 2.24) is 9.88 Å². The zero-order chi connectivity index (χ0) is 17.2. The van der Waals surface area contributed by atoms with Crippen molar-refractivity contribution in [3.63, 3.8) is 0 Å². The molecule has 1 fully saturated rings. The highest BCUT2D eigenvalue weighted by Crippen LogP contribution is 2.31. The van der Waals surface area contributed by atoms with Crippen LogP contribution >= 0.6 is 11.3 Å². The van der Waals surface area contributed by atoms with Crippen LogP contribution in [0.1, 0.15) is 48.9 Å². The van der Waals surface area contributed by atoms with Crippen LogP contribution in [0.2, 0.25) is 0 Å². The molecule has 1 amide bonds. The second kappa shape index (κ2) is 7.03. The highest BCUT2D eigenvalue weighted by atomic mass is 32.1. The summed E-state index contributed by atoms with van der Waals surface area (Å²) in [7, 11) is 0. The van der Waals surface area contributed by atoms with Gasteiger partial charge in [-0.3, -0.25) is 4.79 Å². The number of nitrogens with zero attached hydrogens (tertiary/aromatic N) is 2. The lowest BCUT2D eigenvalue weighted by atomic mass is 9.89. The molecule has 0 bridgehead atoms. The summed E-state index contributed by atoms with van der Waals surface area (Å²) in [6.45, 7) is 5.43. The second-order valence-corrected chi connectivity index (χ2v) is 7.58. The Morgan fingerprint density at radius 1 is 1.42 bits per heavy atom. The van der Waals surface area contributed by atoms with Crippen molar-refractivity contribution in [2.45, 2.75) is 44.6 Å². The predicted octanol–water partition coefficient (Wildman–Crippen LogP) is 3.29. The molecule has 0 aliphatic carbocycles. The van der Waals surface area contributed by atoms with Crippen LogP contribution in [0.5, 0.6) is 0 Å². The standard InChI is InChI=1S/C19H25N3OS/c1-3-16-13-24-17(21-16)14-8-7-11-22(12-14)18(23)19(2,20)15-9-5-4-6-10-15/h4-6,9-10,13-14H,3,7-8,11-12,20H2,1-2H3. The third-order valence-corrected chi connectivity index (χ3v) is 5.86. The van der Waals surface area contributed by atoms with E-state index in [1.54, 1.807) is 11.3 Å². The zero-order valence-corrected chi connectivity index (χ0v) is 15.2. The number of aromatic nitrogens is 1. The van der Waals surface area contributed by atoms with E-state index in [2.05, 4.69) is 12.3 Å². The monoisotopic (exact) mass is 343 g/mol. The Balaban J connectivity index is 1.75. The van der Waals surface area contributed by atoms with E-state index in [9.17, 15) is 4.79 Å². The van der Waals surface area contributed by atoms with Crippen LogP contribution in [0.4, 0.5) is 0 Å². The molecule has 3 rings (SSSR count). The Morgan fingerprint density at radius 2 is 2.17 bits per heavy atom. The van der Waals surface area contributed by atoms with Crippen molar-refractivity contribution >= 4 is 17.2 Å². The number of amides is 1. The van der Waals surface area contributed by atoms with Crippen LogP contribution in [-0.4, -0.2) is 28.9 Å². The zero-order valence-electron chi connectivity index (χ0n) is 14.4. The van der Waals surface area contributed by atoms with Gasteiger partial charge in [0.1, 0.15) is 5.54 Å². The molecule has 1 aliphatic rings. The summed E-state index contributed by atoms with van der Waals surface area (Å²) in [6.07, 6.45) is 3.05. The number of carbonyl (C=O) groups is 1. The molecule has 1 aromatic carbocycles. The summed E-state index contributed by atoms with van der Waals surface area (Å²) < 4.78 is 0. The van der Waals surface area contributed by atoms with Gasteiger partial charge in [0.05, 0.1) is 10.7 Å². The second-order valence-electron chi connectivity index (χ2n) is 6.69. The Labute approximate surface area is 147 Å². The van der Waals surface area contributed by atoms with Gasteiger partial charge in [-0.25, -0.2) is 4.98 Å². The van der Waals surface area contributed by atoms with E-state index >= 15 is 0 Å². The third kappa shape index (κ3) is 3.37.